The first-order valence-corrected chi connectivity index (χ1v) is 8.24. The molecule has 0 spiro atoms. The second kappa shape index (κ2) is 5.48. The van der Waals surface area contributed by atoms with Gasteiger partial charge in [-0.1, -0.05) is 0 Å². The molecule has 2 N–H and O–H groups in total. The molecule has 2 rings (SSSR count). The number of hydrazone groups is 1. The lowest BCUT2D eigenvalue weighted by molar-refractivity contribution is -0.129. The Morgan fingerprint density at radius 3 is 2.43 bits per heavy atom. The summed E-state index contributed by atoms with van der Waals surface area (Å²) in [5.41, 5.74) is -0.352. The van der Waals surface area contributed by atoms with Crippen LogP contribution in [0.2, 0.25) is 0 Å². The number of anilines is 1. The number of nitrogens with zero attached hydrogens (tertiary/aromatic N) is 2. The Hall–Kier alpha value is -1.30. The number of carboxylic acid groups (broad SMARTS) is 1. The van der Waals surface area contributed by atoms with Crippen LogP contribution < -0.4 is 5.01 Å². The molecule has 0 unspecified atom stereocenters. The Kier molecular flexibility index (Phi) is 4.19. The van der Waals surface area contributed by atoms with E-state index in [-0.39, 0.29) is 20.3 Å². The largest absolute Gasteiger partial charge is 0.477 e. The molecule has 0 fully saturated rings. The van der Waals surface area contributed by atoms with E-state index >= 15 is 0 Å². The molecule has 0 aliphatic carbocycles. The van der Waals surface area contributed by atoms with Gasteiger partial charge >= 0.3 is 5.97 Å². The van der Waals surface area contributed by atoms with Gasteiger partial charge in [-0.15, -0.1) is 0 Å². The molecule has 0 saturated heterocycles. The number of benzene rings is 1. The topological polar surface area (TPSA) is 124 Å². The van der Waals surface area contributed by atoms with Crippen LogP contribution >= 0.6 is 31.9 Å². The smallest absolute Gasteiger partial charge is 0.352 e. The van der Waals surface area contributed by atoms with Crippen molar-refractivity contribution in [1.29, 1.82) is 0 Å². The molecule has 8 nitrogen and oxygen atoms in total. The molecule has 1 aliphatic rings. The van der Waals surface area contributed by atoms with Gasteiger partial charge in [-0.05, 0) is 44.0 Å². The predicted molar refractivity (Wildman–Crippen MR) is 78.8 cm³/mol. The SMILES string of the molecule is O=C(O)C1=NN(c2ccc(Br)c(S(=O)(=O)O)c2Br)C(=O)C1. The van der Waals surface area contributed by atoms with Crippen LogP contribution in [0.5, 0.6) is 0 Å². The third kappa shape index (κ3) is 3.00. The van der Waals surface area contributed by atoms with Crippen LogP contribution in [0, 0.1) is 0 Å². The van der Waals surface area contributed by atoms with Crippen molar-refractivity contribution in [3.8, 4) is 0 Å². The fraction of sp³-hybridized carbons (Fsp3) is 0.100. The Morgan fingerprint density at radius 2 is 1.95 bits per heavy atom. The summed E-state index contributed by atoms with van der Waals surface area (Å²) < 4.78 is 31.9. The van der Waals surface area contributed by atoms with Gasteiger partial charge in [0, 0.05) is 4.47 Å². The van der Waals surface area contributed by atoms with E-state index in [0.717, 1.165) is 5.01 Å². The lowest BCUT2D eigenvalue weighted by atomic mass is 10.2. The van der Waals surface area contributed by atoms with E-state index in [1.807, 2.05) is 0 Å². The third-order valence-electron chi connectivity index (χ3n) is 2.54. The average Bonchev–Trinajstić information content (AvgIpc) is 2.70. The van der Waals surface area contributed by atoms with Crippen molar-refractivity contribution in [1.82, 2.24) is 0 Å². The fourth-order valence-electron chi connectivity index (χ4n) is 1.66. The van der Waals surface area contributed by atoms with Crippen LogP contribution in [0.3, 0.4) is 0 Å². The average molecular weight is 442 g/mol. The zero-order valence-corrected chi connectivity index (χ0v) is 13.9. The van der Waals surface area contributed by atoms with Gasteiger partial charge in [0.2, 0.25) is 0 Å². The van der Waals surface area contributed by atoms with Gasteiger partial charge in [-0.25, -0.2) is 4.79 Å². The molecule has 0 radical (unpaired) electrons. The minimum Gasteiger partial charge on any atom is -0.477 e. The van der Waals surface area contributed by atoms with Crippen molar-refractivity contribution >= 4 is 65.3 Å². The Balaban J connectivity index is 2.62. The van der Waals surface area contributed by atoms with Crippen LogP contribution in [0.25, 0.3) is 0 Å². The molecule has 1 amide bonds. The summed E-state index contributed by atoms with van der Waals surface area (Å²) in [7, 11) is -4.56. The summed E-state index contributed by atoms with van der Waals surface area (Å²) in [4.78, 5) is 22.1. The molecule has 0 atom stereocenters. The van der Waals surface area contributed by atoms with Gasteiger partial charge in [0.15, 0.2) is 5.71 Å². The minimum atomic E-state index is -4.56. The van der Waals surface area contributed by atoms with Gasteiger partial charge in [-0.3, -0.25) is 9.35 Å². The number of carbonyl (C=O) groups excluding carboxylic acids is 1. The monoisotopic (exact) mass is 440 g/mol. The van der Waals surface area contributed by atoms with Gasteiger partial charge in [0.1, 0.15) is 4.90 Å². The molecule has 0 bridgehead atoms. The zero-order valence-electron chi connectivity index (χ0n) is 9.95. The molecule has 0 aromatic heterocycles. The number of hydrogen-bond acceptors (Lipinski definition) is 5. The van der Waals surface area contributed by atoms with Crippen molar-refractivity contribution < 1.29 is 27.7 Å². The van der Waals surface area contributed by atoms with Crippen molar-refractivity contribution in [2.24, 2.45) is 5.10 Å². The second-order valence-electron chi connectivity index (χ2n) is 3.92. The number of halogens is 2. The van der Waals surface area contributed by atoms with E-state index in [1.165, 1.54) is 12.1 Å². The van der Waals surface area contributed by atoms with Crippen molar-refractivity contribution in [3.63, 3.8) is 0 Å². The summed E-state index contributed by atoms with van der Waals surface area (Å²) in [5.74, 6) is -1.97. The first-order chi connectivity index (χ1) is 9.62. The molecule has 1 aromatic carbocycles. The van der Waals surface area contributed by atoms with Gasteiger partial charge < -0.3 is 5.11 Å². The Labute approximate surface area is 135 Å². The maximum atomic E-state index is 11.8. The normalized spacial score (nSPS) is 15.3. The van der Waals surface area contributed by atoms with E-state index in [2.05, 4.69) is 37.0 Å². The highest BCUT2D eigenvalue weighted by Gasteiger charge is 2.32. The van der Waals surface area contributed by atoms with E-state index in [4.69, 9.17) is 5.11 Å². The molecule has 11 heteroatoms. The standard InChI is InChI=1S/C10H6Br2N2O6S/c11-4-1-2-6(8(12)9(4)21(18,19)20)14-7(15)3-5(13-14)10(16)17/h1-2H,3H2,(H,16,17)(H,18,19,20). The van der Waals surface area contributed by atoms with Crippen LogP contribution in [-0.2, 0) is 19.7 Å². The van der Waals surface area contributed by atoms with Crippen LogP contribution in [0.4, 0.5) is 5.69 Å². The molecular formula is C10H6Br2N2O6S. The van der Waals surface area contributed by atoms with Gasteiger partial charge in [0.05, 0.1) is 16.6 Å². The van der Waals surface area contributed by atoms with E-state index in [0.29, 0.717) is 0 Å². The lowest BCUT2D eigenvalue weighted by Crippen LogP contribution is -2.20. The number of carboxylic acids is 1. The summed E-state index contributed by atoms with van der Waals surface area (Å²) in [6.45, 7) is 0. The molecule has 112 valence electrons. The molecule has 1 aromatic rings. The Morgan fingerprint density at radius 1 is 1.33 bits per heavy atom. The fourth-order valence-corrected chi connectivity index (χ4v) is 4.64. The summed E-state index contributed by atoms with van der Waals surface area (Å²) in [5, 5.41) is 13.2. The zero-order chi connectivity index (χ0) is 15.9. The highest BCUT2D eigenvalue weighted by atomic mass is 79.9. The maximum absolute atomic E-state index is 11.8. The molecular weight excluding hydrogens is 436 g/mol. The first kappa shape index (κ1) is 16.1. The Bertz CT molecular complexity index is 789. The van der Waals surface area contributed by atoms with Crippen LogP contribution in [-0.4, -0.2) is 35.7 Å². The van der Waals surface area contributed by atoms with Crippen molar-refractivity contribution in [2.75, 3.05) is 5.01 Å². The van der Waals surface area contributed by atoms with Crippen LogP contribution in [0.15, 0.2) is 31.1 Å². The highest BCUT2D eigenvalue weighted by molar-refractivity contribution is 9.11. The van der Waals surface area contributed by atoms with E-state index in [1.54, 1.807) is 0 Å². The molecule has 1 heterocycles. The number of hydrogen-bond donors (Lipinski definition) is 2. The predicted octanol–water partition coefficient (Wildman–Crippen LogP) is 1.64. The number of aliphatic carboxylic acids is 1. The summed E-state index contributed by atoms with van der Waals surface area (Å²) in [6, 6.07) is 2.65. The number of carbonyl (C=O) groups is 2. The minimum absolute atomic E-state index is 0.00655. The van der Waals surface area contributed by atoms with Gasteiger partial charge in [-0.2, -0.15) is 18.5 Å². The maximum Gasteiger partial charge on any atom is 0.352 e. The number of rotatable bonds is 3. The van der Waals surface area contributed by atoms with Crippen LogP contribution in [0.1, 0.15) is 6.42 Å². The quantitative estimate of drug-likeness (QED) is 0.687. The molecule has 21 heavy (non-hydrogen) atoms. The second-order valence-corrected chi connectivity index (χ2v) is 6.92. The number of amides is 1. The molecule has 1 aliphatic heterocycles. The highest BCUT2D eigenvalue weighted by Crippen LogP contribution is 2.38. The summed E-state index contributed by atoms with van der Waals surface area (Å²) >= 11 is 5.96. The van der Waals surface area contributed by atoms with Crippen molar-refractivity contribution in [2.45, 2.75) is 11.3 Å². The third-order valence-corrected chi connectivity index (χ3v) is 5.47. The first-order valence-electron chi connectivity index (χ1n) is 5.22. The van der Waals surface area contributed by atoms with E-state index in [9.17, 15) is 22.6 Å². The van der Waals surface area contributed by atoms with Crippen molar-refractivity contribution in [3.05, 3.63) is 21.1 Å². The lowest BCUT2D eigenvalue weighted by Gasteiger charge is -2.16. The van der Waals surface area contributed by atoms with E-state index < -0.39 is 33.3 Å². The van der Waals surface area contributed by atoms with Gasteiger partial charge in [0.25, 0.3) is 16.0 Å². The summed E-state index contributed by atoms with van der Waals surface area (Å²) in [6.07, 6.45) is -0.404. The molecule has 0 saturated carbocycles.